The summed E-state index contributed by atoms with van der Waals surface area (Å²) in [6.07, 6.45) is 3.33. The van der Waals surface area contributed by atoms with Gasteiger partial charge in [-0.3, -0.25) is 14.4 Å². The molecule has 0 aliphatic heterocycles. The molecule has 0 saturated carbocycles. The van der Waals surface area contributed by atoms with Crippen LogP contribution in [0.4, 0.5) is 5.69 Å². The molecule has 0 fully saturated rings. The number of carbonyl (C=O) groups excluding carboxylic acids is 2. The molecule has 0 radical (unpaired) electrons. The maximum atomic E-state index is 13.7. The average molecular weight is 616 g/mol. The third-order valence-corrected chi connectivity index (χ3v) is 8.05. The van der Waals surface area contributed by atoms with E-state index in [0.29, 0.717) is 59.0 Å². The van der Waals surface area contributed by atoms with Crippen LogP contribution in [-0.2, 0) is 20.8 Å². The van der Waals surface area contributed by atoms with Gasteiger partial charge in [0.2, 0.25) is 23.0 Å². The van der Waals surface area contributed by atoms with Crippen LogP contribution in [0.15, 0.2) is 29.1 Å². The van der Waals surface area contributed by atoms with Crippen molar-refractivity contribution in [2.24, 2.45) is 5.92 Å². The summed E-state index contributed by atoms with van der Waals surface area (Å²) < 4.78 is 17.0. The molecule has 2 amide bonds. The molecule has 3 rings (SSSR count). The highest BCUT2D eigenvalue weighted by Gasteiger charge is 2.31. The number of nitrogens with one attached hydrogen (secondary N) is 3. The number of aryl methyl sites for hydroxylation is 1. The molecule has 2 aromatic carbocycles. The number of methoxy groups -OCH3 is 3. The lowest BCUT2D eigenvalue weighted by Gasteiger charge is -2.23. The number of aliphatic carboxylic acids is 1. The van der Waals surface area contributed by atoms with Crippen molar-refractivity contribution in [1.82, 2.24) is 10.6 Å². The third kappa shape index (κ3) is 7.73. The summed E-state index contributed by atoms with van der Waals surface area (Å²) in [4.78, 5) is 50.9. The van der Waals surface area contributed by atoms with Crippen LogP contribution < -0.4 is 35.6 Å². The first-order chi connectivity index (χ1) is 20.5. The molecule has 0 unspecified atom stereocenters. The van der Waals surface area contributed by atoms with Crippen molar-refractivity contribution in [3.63, 3.8) is 0 Å². The van der Waals surface area contributed by atoms with Gasteiger partial charge in [0.25, 0.3) is 0 Å². The summed E-state index contributed by atoms with van der Waals surface area (Å²) in [5.74, 6) is -0.295. The fourth-order valence-electron chi connectivity index (χ4n) is 5.29. The number of rotatable bonds is 13. The van der Waals surface area contributed by atoms with Crippen LogP contribution >= 0.6 is 11.8 Å². The van der Waals surface area contributed by atoms with Crippen molar-refractivity contribution in [1.29, 1.82) is 0 Å². The fraction of sp³-hybridized carbons (Fsp3) is 0.484. The lowest BCUT2D eigenvalue weighted by atomic mass is 9.95. The Morgan fingerprint density at radius 2 is 1.77 bits per heavy atom. The number of carboxylic acids is 1. The third-order valence-electron chi connectivity index (χ3n) is 7.40. The molecule has 12 heteroatoms. The smallest absolute Gasteiger partial charge is 0.326 e. The Balaban J connectivity index is 2.20. The maximum Gasteiger partial charge on any atom is 0.326 e. The second kappa shape index (κ2) is 15.0. The molecule has 0 spiro atoms. The number of anilines is 1. The number of thioether (sulfide) groups is 1. The number of fused-ring (bicyclic) bond motifs is 3. The fourth-order valence-corrected chi connectivity index (χ4v) is 5.76. The molecule has 0 bridgehead atoms. The highest BCUT2D eigenvalue weighted by atomic mass is 32.2. The summed E-state index contributed by atoms with van der Waals surface area (Å²) >= 11 is 1.53. The van der Waals surface area contributed by atoms with Crippen molar-refractivity contribution in [2.75, 3.05) is 38.7 Å². The van der Waals surface area contributed by atoms with Crippen molar-refractivity contribution in [3.05, 3.63) is 45.6 Å². The average Bonchev–Trinajstić information content (AvgIpc) is 3.20. The molecule has 0 heterocycles. The number of hydrogen-bond acceptors (Lipinski definition) is 9. The summed E-state index contributed by atoms with van der Waals surface area (Å²) in [7, 11) is 4.58. The van der Waals surface area contributed by atoms with Gasteiger partial charge in [0.1, 0.15) is 12.1 Å². The molecule has 1 aliphatic carbocycles. The first-order valence-corrected chi connectivity index (χ1v) is 15.4. The van der Waals surface area contributed by atoms with Crippen LogP contribution in [0, 0.1) is 5.92 Å². The van der Waals surface area contributed by atoms with Crippen LogP contribution in [0.2, 0.25) is 0 Å². The Kier molecular flexibility index (Phi) is 11.7. The van der Waals surface area contributed by atoms with Crippen molar-refractivity contribution >= 4 is 35.2 Å². The van der Waals surface area contributed by atoms with Crippen molar-refractivity contribution < 1.29 is 33.7 Å². The minimum absolute atomic E-state index is 0.160. The lowest BCUT2D eigenvalue weighted by Crippen LogP contribution is -2.50. The van der Waals surface area contributed by atoms with Crippen molar-refractivity contribution in [2.45, 2.75) is 58.2 Å². The Morgan fingerprint density at radius 3 is 2.33 bits per heavy atom. The van der Waals surface area contributed by atoms with Crippen LogP contribution in [-0.4, -0.2) is 68.3 Å². The van der Waals surface area contributed by atoms with Gasteiger partial charge >= 0.3 is 5.97 Å². The molecule has 11 nitrogen and oxygen atoms in total. The van der Waals surface area contributed by atoms with E-state index >= 15 is 0 Å². The molecule has 1 aliphatic rings. The van der Waals surface area contributed by atoms with Gasteiger partial charge in [0.05, 0.1) is 33.1 Å². The van der Waals surface area contributed by atoms with E-state index in [9.17, 15) is 24.3 Å². The van der Waals surface area contributed by atoms with Gasteiger partial charge in [-0.05, 0) is 72.1 Å². The predicted octanol–water partition coefficient (Wildman–Crippen LogP) is 3.62. The van der Waals surface area contributed by atoms with Gasteiger partial charge in [0.15, 0.2) is 11.5 Å². The number of hydrogen-bond donors (Lipinski definition) is 4. The number of carboxylic acid groups (broad SMARTS) is 1. The van der Waals surface area contributed by atoms with E-state index in [1.54, 1.807) is 33.1 Å². The van der Waals surface area contributed by atoms with E-state index in [1.807, 2.05) is 12.3 Å². The first-order valence-electron chi connectivity index (χ1n) is 14.0. The lowest BCUT2D eigenvalue weighted by molar-refractivity contribution is -0.143. The first kappa shape index (κ1) is 33.6. The van der Waals surface area contributed by atoms with E-state index < -0.39 is 30.0 Å². The van der Waals surface area contributed by atoms with Gasteiger partial charge in [-0.1, -0.05) is 19.9 Å². The highest BCUT2D eigenvalue weighted by Crippen LogP contribution is 2.50. The Morgan fingerprint density at radius 1 is 1.07 bits per heavy atom. The van der Waals surface area contributed by atoms with E-state index in [0.717, 1.165) is 5.56 Å². The minimum atomic E-state index is -1.13. The number of amides is 2. The SMILES string of the molecule is COc1cc2c(c(OC)c1OC)-c1ccc(N[C@@H](CCSC)C(=O)N[C@H](C(=O)O)C(C)C)c(=O)cc1[C@@H](NC(C)=O)CC2. The second-order valence-corrected chi connectivity index (χ2v) is 11.6. The van der Waals surface area contributed by atoms with Gasteiger partial charge < -0.3 is 35.3 Å². The van der Waals surface area contributed by atoms with Gasteiger partial charge in [-0.25, -0.2) is 4.79 Å². The molecule has 0 aromatic heterocycles. The molecule has 4 N–H and O–H groups in total. The van der Waals surface area contributed by atoms with Crippen LogP contribution in [0.1, 0.15) is 50.8 Å². The number of carbonyl (C=O) groups is 3. The maximum absolute atomic E-state index is 13.7. The van der Waals surface area contributed by atoms with Crippen molar-refractivity contribution in [3.8, 4) is 28.4 Å². The number of ether oxygens (including phenoxy) is 3. The molecule has 0 saturated heterocycles. The second-order valence-electron chi connectivity index (χ2n) is 10.6. The molecule has 2 aromatic rings. The number of benzene rings is 1. The van der Waals surface area contributed by atoms with Gasteiger partial charge in [0, 0.05) is 12.5 Å². The van der Waals surface area contributed by atoms with Gasteiger partial charge in [-0.2, -0.15) is 11.8 Å². The Bertz CT molecular complexity index is 1410. The molecular formula is C31H41N3O8S. The van der Waals surface area contributed by atoms with Crippen LogP contribution in [0.25, 0.3) is 11.1 Å². The van der Waals surface area contributed by atoms with E-state index in [2.05, 4.69) is 16.0 Å². The topological polar surface area (TPSA) is 152 Å². The van der Waals surface area contributed by atoms with Crippen LogP contribution in [0.3, 0.4) is 0 Å². The predicted molar refractivity (Wildman–Crippen MR) is 167 cm³/mol. The minimum Gasteiger partial charge on any atom is -0.493 e. The summed E-state index contributed by atoms with van der Waals surface area (Å²) in [6.45, 7) is 4.85. The van der Waals surface area contributed by atoms with Crippen LogP contribution in [0.5, 0.6) is 17.2 Å². The summed E-state index contributed by atoms with van der Waals surface area (Å²) in [5.41, 5.74) is 2.62. The Hall–Kier alpha value is -3.93. The largest absolute Gasteiger partial charge is 0.493 e. The molecule has 43 heavy (non-hydrogen) atoms. The monoisotopic (exact) mass is 615 g/mol. The standard InChI is InChI=1S/C31H41N3O8S/c1-16(2)27(31(38)39)34-30(37)23(12-13-43-7)33-22-11-9-19-20(15-24(22)36)21(32-17(3)35)10-8-18-14-25(40-4)28(41-5)29(42-6)26(18)19/h9,11,14-16,21,23,27H,8,10,12-13H2,1-7H3,(H,32,35)(H,33,36)(H,34,37)(H,38,39)/t21-,23-,27-/m0/s1. The normalized spacial score (nSPS) is 15.2. The zero-order valence-corrected chi connectivity index (χ0v) is 26.5. The zero-order valence-electron chi connectivity index (χ0n) is 25.7. The molecule has 3 atom stereocenters. The van der Waals surface area contributed by atoms with E-state index in [1.165, 1.54) is 39.0 Å². The highest BCUT2D eigenvalue weighted by molar-refractivity contribution is 7.98. The zero-order chi connectivity index (χ0) is 31.8. The van der Waals surface area contributed by atoms with E-state index in [-0.39, 0.29) is 22.9 Å². The summed E-state index contributed by atoms with van der Waals surface area (Å²) in [5, 5.41) is 18.3. The quantitative estimate of drug-likeness (QED) is 0.263. The summed E-state index contributed by atoms with van der Waals surface area (Å²) in [6, 6.07) is 4.30. The van der Waals surface area contributed by atoms with Gasteiger partial charge in [-0.15, -0.1) is 0 Å². The van der Waals surface area contributed by atoms with E-state index in [4.69, 9.17) is 14.2 Å². The molecular weight excluding hydrogens is 574 g/mol. The Labute approximate surface area is 256 Å². The molecule has 234 valence electrons.